The van der Waals surface area contributed by atoms with Crippen LogP contribution < -0.4 is 5.32 Å². The predicted molar refractivity (Wildman–Crippen MR) is 101 cm³/mol. The van der Waals surface area contributed by atoms with Gasteiger partial charge in [0.25, 0.3) is 5.91 Å². The van der Waals surface area contributed by atoms with E-state index in [-0.39, 0.29) is 24.5 Å². The number of anilines is 1. The number of rotatable bonds is 0. The van der Waals surface area contributed by atoms with Crippen molar-refractivity contribution >= 4 is 23.3 Å². The fourth-order valence-electron chi connectivity index (χ4n) is 5.19. The smallest absolute Gasteiger partial charge is 0.280 e. The Kier molecular flexibility index (Phi) is 3.25. The summed E-state index contributed by atoms with van der Waals surface area (Å²) in [6.45, 7) is 4.22. The van der Waals surface area contributed by atoms with Gasteiger partial charge >= 0.3 is 0 Å². The van der Waals surface area contributed by atoms with Crippen molar-refractivity contribution in [2.75, 3.05) is 11.9 Å². The number of nitrogens with one attached hydrogen (secondary N) is 1. The minimum atomic E-state index is -1.77. The second-order valence-electron chi connectivity index (χ2n) is 8.78. The molecular formula is C21H23N3O4. The molecule has 5 rings (SSSR count). The molecular weight excluding hydrogens is 358 g/mol. The molecule has 2 unspecified atom stereocenters. The number of hydrogen-bond acceptors (Lipinski definition) is 5. The van der Waals surface area contributed by atoms with Gasteiger partial charge in [0, 0.05) is 42.3 Å². The van der Waals surface area contributed by atoms with Crippen LogP contribution in [0.15, 0.2) is 36.5 Å². The van der Waals surface area contributed by atoms with Crippen LogP contribution in [0, 0.1) is 5.41 Å². The van der Waals surface area contributed by atoms with Gasteiger partial charge in [0.05, 0.1) is 0 Å². The minimum absolute atomic E-state index is 0.0675. The number of carbonyl (C=O) groups excluding carboxylic acids is 3. The second kappa shape index (κ2) is 5.23. The van der Waals surface area contributed by atoms with E-state index in [1.54, 1.807) is 12.3 Å². The lowest BCUT2D eigenvalue weighted by atomic mass is 9.67. The Morgan fingerprint density at radius 1 is 1.18 bits per heavy atom. The molecule has 2 saturated heterocycles. The summed E-state index contributed by atoms with van der Waals surface area (Å²) >= 11 is 0. The summed E-state index contributed by atoms with van der Waals surface area (Å²) in [6, 6.07) is 6.51. The molecule has 4 aliphatic rings. The van der Waals surface area contributed by atoms with Crippen LogP contribution in [0.3, 0.4) is 0 Å². The van der Waals surface area contributed by atoms with Crippen LogP contribution in [0.1, 0.15) is 43.5 Å². The van der Waals surface area contributed by atoms with Crippen LogP contribution in [-0.2, 0) is 9.59 Å². The van der Waals surface area contributed by atoms with Crippen LogP contribution in [-0.4, -0.2) is 56.4 Å². The third kappa shape index (κ3) is 1.90. The van der Waals surface area contributed by atoms with Gasteiger partial charge in [-0.05, 0) is 18.6 Å². The maximum absolute atomic E-state index is 13.5. The zero-order valence-electron chi connectivity index (χ0n) is 15.9. The van der Waals surface area contributed by atoms with Crippen molar-refractivity contribution in [3.8, 4) is 0 Å². The highest BCUT2D eigenvalue weighted by Crippen LogP contribution is 2.50. The van der Waals surface area contributed by atoms with E-state index in [4.69, 9.17) is 0 Å². The van der Waals surface area contributed by atoms with Crippen LogP contribution in [0.25, 0.3) is 0 Å². The fraction of sp³-hybridized carbons (Fsp3) is 0.476. The Labute approximate surface area is 163 Å². The van der Waals surface area contributed by atoms with Gasteiger partial charge in [-0.1, -0.05) is 32.1 Å². The number of amides is 2. The Morgan fingerprint density at radius 3 is 2.68 bits per heavy atom. The van der Waals surface area contributed by atoms with Crippen molar-refractivity contribution in [3.63, 3.8) is 0 Å². The molecule has 7 heteroatoms. The number of fused-ring (bicyclic) bond motifs is 3. The molecule has 0 bridgehead atoms. The zero-order chi connectivity index (χ0) is 19.9. The molecule has 28 heavy (non-hydrogen) atoms. The van der Waals surface area contributed by atoms with Gasteiger partial charge in [-0.25, -0.2) is 0 Å². The van der Waals surface area contributed by atoms with Gasteiger partial charge in [0.15, 0.2) is 5.78 Å². The highest BCUT2D eigenvalue weighted by Gasteiger charge is 2.63. The first kappa shape index (κ1) is 17.4. The van der Waals surface area contributed by atoms with E-state index in [0.717, 1.165) is 5.69 Å². The van der Waals surface area contributed by atoms with Crippen molar-refractivity contribution in [1.29, 1.82) is 0 Å². The lowest BCUT2D eigenvalue weighted by molar-refractivity contribution is -0.189. The highest BCUT2D eigenvalue weighted by molar-refractivity contribution is 6.14. The number of nitrogens with zero attached hydrogens (tertiary/aromatic N) is 2. The average Bonchev–Trinajstić information content (AvgIpc) is 3.16. The molecule has 1 aromatic carbocycles. The van der Waals surface area contributed by atoms with Gasteiger partial charge in [-0.3, -0.25) is 14.4 Å². The topological polar surface area (TPSA) is 90.0 Å². The van der Waals surface area contributed by atoms with Gasteiger partial charge in [-0.2, -0.15) is 0 Å². The summed E-state index contributed by atoms with van der Waals surface area (Å²) in [5.74, 6) is -0.851. The SMILES string of the molecule is CC1(C)C=CN2C(=O)C3(O)CCCN3C(=O)[C@@H]2CC12Nc1ccccc1C2=O. The number of para-hydroxylation sites is 1. The van der Waals surface area contributed by atoms with Gasteiger partial charge in [-0.15, -0.1) is 0 Å². The van der Waals surface area contributed by atoms with Gasteiger partial charge in [0.1, 0.15) is 11.6 Å². The molecule has 2 fully saturated rings. The largest absolute Gasteiger partial charge is 0.371 e. The zero-order valence-corrected chi connectivity index (χ0v) is 15.9. The number of piperazine rings is 1. The normalized spacial score (nSPS) is 35.5. The first-order valence-corrected chi connectivity index (χ1v) is 9.69. The highest BCUT2D eigenvalue weighted by atomic mass is 16.3. The predicted octanol–water partition coefficient (Wildman–Crippen LogP) is 1.50. The number of aliphatic hydroxyl groups is 1. The maximum atomic E-state index is 13.5. The van der Waals surface area contributed by atoms with Crippen LogP contribution in [0.2, 0.25) is 0 Å². The molecule has 2 amide bonds. The lowest BCUT2D eigenvalue weighted by Gasteiger charge is -2.47. The monoisotopic (exact) mass is 381 g/mol. The molecule has 1 spiro atoms. The summed E-state index contributed by atoms with van der Waals surface area (Å²) in [7, 11) is 0. The Morgan fingerprint density at radius 2 is 1.93 bits per heavy atom. The van der Waals surface area contributed by atoms with Crippen molar-refractivity contribution in [1.82, 2.24) is 9.80 Å². The molecule has 146 valence electrons. The van der Waals surface area contributed by atoms with Gasteiger partial charge < -0.3 is 20.2 Å². The molecule has 4 aliphatic heterocycles. The summed E-state index contributed by atoms with van der Waals surface area (Å²) in [4.78, 5) is 42.5. The molecule has 0 aromatic heterocycles. The Bertz CT molecular complexity index is 955. The van der Waals surface area contributed by atoms with E-state index in [1.165, 1.54) is 9.80 Å². The molecule has 2 N–H and O–H groups in total. The van der Waals surface area contributed by atoms with Crippen molar-refractivity contribution in [3.05, 3.63) is 42.1 Å². The Hall–Kier alpha value is -2.67. The number of hydrogen-bond donors (Lipinski definition) is 2. The third-order valence-corrected chi connectivity index (χ3v) is 6.98. The average molecular weight is 381 g/mol. The van der Waals surface area contributed by atoms with Crippen LogP contribution >= 0.6 is 0 Å². The van der Waals surface area contributed by atoms with E-state index in [1.807, 2.05) is 38.1 Å². The number of ketones is 1. The first-order valence-electron chi connectivity index (χ1n) is 9.69. The Balaban J connectivity index is 1.63. The number of benzene rings is 1. The molecule has 4 heterocycles. The van der Waals surface area contributed by atoms with E-state index in [2.05, 4.69) is 5.32 Å². The number of carbonyl (C=O) groups is 3. The molecule has 0 radical (unpaired) electrons. The van der Waals surface area contributed by atoms with E-state index in [0.29, 0.717) is 18.5 Å². The fourth-order valence-corrected chi connectivity index (χ4v) is 5.19. The van der Waals surface area contributed by atoms with Gasteiger partial charge in [0.2, 0.25) is 11.6 Å². The van der Waals surface area contributed by atoms with E-state index < -0.39 is 28.6 Å². The summed E-state index contributed by atoms with van der Waals surface area (Å²) in [5.41, 5.74) is -2.12. The van der Waals surface area contributed by atoms with E-state index in [9.17, 15) is 19.5 Å². The van der Waals surface area contributed by atoms with Crippen LogP contribution in [0.5, 0.6) is 0 Å². The molecule has 0 aliphatic carbocycles. The summed E-state index contributed by atoms with van der Waals surface area (Å²) in [5, 5.41) is 14.3. The molecule has 3 atom stereocenters. The standard InChI is InChI=1S/C21H23N3O4/c1-19(2)9-11-23-15(17(26)24-10-5-8-21(24,28)18(23)27)12-20(19)16(25)13-6-3-4-7-14(13)22-20/h3-4,6-7,9,11,15,22,28H,5,8,10,12H2,1-2H3/t15-,20?,21?/m0/s1. The van der Waals surface area contributed by atoms with Crippen LogP contribution in [0.4, 0.5) is 5.69 Å². The quantitative estimate of drug-likeness (QED) is 0.711. The lowest BCUT2D eigenvalue weighted by Crippen LogP contribution is -2.69. The number of Topliss-reactive ketones (excluding diaryl/α,β-unsaturated/α-hetero) is 1. The second-order valence-corrected chi connectivity index (χ2v) is 8.78. The first-order chi connectivity index (χ1) is 13.2. The maximum Gasteiger partial charge on any atom is 0.280 e. The van der Waals surface area contributed by atoms with Crippen molar-refractivity contribution in [2.45, 2.75) is 50.4 Å². The van der Waals surface area contributed by atoms with Crippen molar-refractivity contribution in [2.24, 2.45) is 5.41 Å². The summed E-state index contributed by atoms with van der Waals surface area (Å²) < 4.78 is 0. The summed E-state index contributed by atoms with van der Waals surface area (Å²) in [6.07, 6.45) is 4.37. The molecule has 1 aromatic rings. The third-order valence-electron chi connectivity index (χ3n) is 6.98. The minimum Gasteiger partial charge on any atom is -0.371 e. The van der Waals surface area contributed by atoms with E-state index >= 15 is 0 Å². The van der Waals surface area contributed by atoms with Crippen molar-refractivity contribution < 1.29 is 19.5 Å². The molecule has 7 nitrogen and oxygen atoms in total. The molecule has 0 saturated carbocycles.